The molecule has 2 rings (SSSR count). The van der Waals surface area contributed by atoms with Crippen LogP contribution in [-0.4, -0.2) is 37.5 Å². The van der Waals surface area contributed by atoms with Gasteiger partial charge in [-0.15, -0.1) is 0 Å². The number of amides is 3. The largest absolute Gasteiger partial charge is 0.484 e. The molecule has 0 fully saturated rings. The van der Waals surface area contributed by atoms with Crippen molar-refractivity contribution in [3.63, 3.8) is 0 Å². The second-order valence-corrected chi connectivity index (χ2v) is 5.54. The van der Waals surface area contributed by atoms with E-state index in [-0.39, 0.29) is 24.9 Å². The molecule has 6 nitrogen and oxygen atoms in total. The van der Waals surface area contributed by atoms with E-state index in [0.29, 0.717) is 17.0 Å². The Kier molecular flexibility index (Phi) is 6.33. The van der Waals surface area contributed by atoms with E-state index in [9.17, 15) is 14.0 Å². The summed E-state index contributed by atoms with van der Waals surface area (Å²) in [5.41, 5.74) is 1.18. The van der Waals surface area contributed by atoms with Gasteiger partial charge < -0.3 is 20.3 Å². The molecule has 7 heteroatoms. The van der Waals surface area contributed by atoms with Crippen LogP contribution >= 0.6 is 0 Å². The van der Waals surface area contributed by atoms with Gasteiger partial charge in [0.1, 0.15) is 11.6 Å². The number of nitrogens with one attached hydrogen (secondary N) is 2. The summed E-state index contributed by atoms with van der Waals surface area (Å²) in [6.45, 7) is 0.124. The van der Waals surface area contributed by atoms with E-state index in [1.165, 1.54) is 17.0 Å². The monoisotopic (exact) mass is 345 g/mol. The van der Waals surface area contributed by atoms with Crippen LogP contribution in [0.5, 0.6) is 5.75 Å². The molecule has 2 N–H and O–H groups in total. The third-order valence-electron chi connectivity index (χ3n) is 3.30. The van der Waals surface area contributed by atoms with E-state index in [0.717, 1.165) is 0 Å². The van der Waals surface area contributed by atoms with E-state index in [1.807, 2.05) is 0 Å². The van der Waals surface area contributed by atoms with E-state index in [2.05, 4.69) is 10.6 Å². The van der Waals surface area contributed by atoms with Crippen molar-refractivity contribution in [3.8, 4) is 5.75 Å². The molecule has 0 aliphatic rings. The molecule has 0 aliphatic heterocycles. The number of ether oxygens (including phenoxy) is 1. The molecule has 0 saturated carbocycles. The van der Waals surface area contributed by atoms with Crippen LogP contribution in [-0.2, 0) is 11.3 Å². The van der Waals surface area contributed by atoms with E-state index in [1.54, 1.807) is 50.5 Å². The third kappa shape index (κ3) is 6.14. The van der Waals surface area contributed by atoms with Crippen molar-refractivity contribution in [2.75, 3.05) is 26.0 Å². The fraction of sp³-hybridized carbons (Fsp3) is 0.222. The van der Waals surface area contributed by atoms with E-state index in [4.69, 9.17) is 4.74 Å². The molecule has 25 heavy (non-hydrogen) atoms. The minimum absolute atomic E-state index is 0.0811. The molecule has 0 bridgehead atoms. The normalized spacial score (nSPS) is 10.0. The first-order chi connectivity index (χ1) is 11.9. The van der Waals surface area contributed by atoms with Crippen molar-refractivity contribution in [2.45, 2.75) is 6.54 Å². The van der Waals surface area contributed by atoms with Gasteiger partial charge in [0.25, 0.3) is 5.91 Å². The zero-order chi connectivity index (χ0) is 18.2. The Morgan fingerprint density at radius 3 is 2.60 bits per heavy atom. The molecule has 0 heterocycles. The number of hydrogen-bond donors (Lipinski definition) is 2. The van der Waals surface area contributed by atoms with E-state index < -0.39 is 6.03 Å². The van der Waals surface area contributed by atoms with Gasteiger partial charge >= 0.3 is 6.03 Å². The Labute approximate surface area is 145 Å². The van der Waals surface area contributed by atoms with Gasteiger partial charge in [-0.05, 0) is 29.8 Å². The smallest absolute Gasteiger partial charge is 0.319 e. The molecule has 3 amide bonds. The number of likely N-dealkylation sites (N-methyl/N-ethyl adjacent to an activating group) is 1. The highest BCUT2D eigenvalue weighted by Crippen LogP contribution is 2.17. The van der Waals surface area contributed by atoms with Crippen LogP contribution in [0.15, 0.2) is 48.5 Å². The lowest BCUT2D eigenvalue weighted by molar-refractivity contribution is -0.130. The zero-order valence-corrected chi connectivity index (χ0v) is 14.1. The first-order valence-corrected chi connectivity index (χ1v) is 7.66. The lowest BCUT2D eigenvalue weighted by Gasteiger charge is -2.12. The first kappa shape index (κ1) is 18.3. The van der Waals surface area contributed by atoms with Crippen LogP contribution in [0, 0.1) is 5.82 Å². The Bertz CT molecular complexity index is 750. The number of carbonyl (C=O) groups excluding carboxylic acids is 2. The van der Waals surface area contributed by atoms with Gasteiger partial charge in [0.2, 0.25) is 0 Å². The summed E-state index contributed by atoms with van der Waals surface area (Å²) in [6.07, 6.45) is 0. The Balaban J connectivity index is 1.86. The summed E-state index contributed by atoms with van der Waals surface area (Å²) < 4.78 is 18.5. The van der Waals surface area contributed by atoms with Crippen molar-refractivity contribution in [1.82, 2.24) is 10.2 Å². The molecule has 0 aliphatic carbocycles. The maximum Gasteiger partial charge on any atom is 0.319 e. The summed E-state index contributed by atoms with van der Waals surface area (Å²) in [7, 11) is 3.29. The van der Waals surface area contributed by atoms with Crippen LogP contribution in [0.2, 0.25) is 0 Å². The van der Waals surface area contributed by atoms with Gasteiger partial charge in [-0.25, -0.2) is 9.18 Å². The van der Waals surface area contributed by atoms with Crippen LogP contribution in [0.3, 0.4) is 0 Å². The number of halogens is 1. The zero-order valence-electron chi connectivity index (χ0n) is 14.1. The molecule has 0 saturated heterocycles. The summed E-state index contributed by atoms with van der Waals surface area (Å²) in [4.78, 5) is 24.9. The van der Waals surface area contributed by atoms with Gasteiger partial charge in [-0.2, -0.15) is 0 Å². The third-order valence-corrected chi connectivity index (χ3v) is 3.30. The lowest BCUT2D eigenvalue weighted by atomic mass is 10.2. The highest BCUT2D eigenvalue weighted by Gasteiger charge is 2.07. The fourth-order valence-electron chi connectivity index (χ4n) is 1.94. The van der Waals surface area contributed by atoms with Crippen molar-refractivity contribution in [3.05, 3.63) is 59.9 Å². The van der Waals surface area contributed by atoms with Gasteiger partial charge in [-0.3, -0.25) is 4.79 Å². The fourth-order valence-corrected chi connectivity index (χ4v) is 1.94. The summed E-state index contributed by atoms with van der Waals surface area (Å²) >= 11 is 0. The summed E-state index contributed by atoms with van der Waals surface area (Å²) in [5, 5.41) is 5.30. The standard InChI is InChI=1S/C18H20FN3O3/c1-22(2)17(23)12-25-16-8-4-7-15(10-16)21-18(24)20-11-13-5-3-6-14(19)9-13/h3-10H,11-12H2,1-2H3,(H2,20,21,24). The second-order valence-electron chi connectivity index (χ2n) is 5.54. The van der Waals surface area contributed by atoms with Gasteiger partial charge in [-0.1, -0.05) is 18.2 Å². The van der Waals surface area contributed by atoms with Gasteiger partial charge in [0.15, 0.2) is 6.61 Å². The molecule has 0 radical (unpaired) electrons. The van der Waals surface area contributed by atoms with Gasteiger partial charge in [0, 0.05) is 32.4 Å². The number of rotatable bonds is 6. The number of benzene rings is 2. The maximum atomic E-state index is 13.1. The Morgan fingerprint density at radius 1 is 1.12 bits per heavy atom. The average molecular weight is 345 g/mol. The van der Waals surface area contributed by atoms with Crippen LogP contribution in [0.25, 0.3) is 0 Å². The summed E-state index contributed by atoms with van der Waals surface area (Å²) in [5.74, 6) is -0.0406. The molecule has 0 spiro atoms. The highest BCUT2D eigenvalue weighted by molar-refractivity contribution is 5.89. The van der Waals surface area contributed by atoms with Crippen molar-refractivity contribution < 1.29 is 18.7 Å². The number of carbonyl (C=O) groups is 2. The topological polar surface area (TPSA) is 70.7 Å². The Hall–Kier alpha value is -3.09. The van der Waals surface area contributed by atoms with Crippen molar-refractivity contribution >= 4 is 17.6 Å². The highest BCUT2D eigenvalue weighted by atomic mass is 19.1. The van der Waals surface area contributed by atoms with Crippen LogP contribution < -0.4 is 15.4 Å². The predicted octanol–water partition coefficient (Wildman–Crippen LogP) is 2.61. The van der Waals surface area contributed by atoms with Crippen molar-refractivity contribution in [1.29, 1.82) is 0 Å². The van der Waals surface area contributed by atoms with Crippen LogP contribution in [0.4, 0.5) is 14.9 Å². The minimum Gasteiger partial charge on any atom is -0.484 e. The second kappa shape index (κ2) is 8.68. The average Bonchev–Trinajstić information content (AvgIpc) is 2.58. The minimum atomic E-state index is -0.425. The number of urea groups is 1. The lowest BCUT2D eigenvalue weighted by Crippen LogP contribution is -2.28. The molecule has 0 aromatic heterocycles. The van der Waals surface area contributed by atoms with E-state index >= 15 is 0 Å². The Morgan fingerprint density at radius 2 is 1.88 bits per heavy atom. The van der Waals surface area contributed by atoms with Crippen molar-refractivity contribution in [2.24, 2.45) is 0 Å². The quantitative estimate of drug-likeness (QED) is 0.845. The number of nitrogens with zero attached hydrogens (tertiary/aromatic N) is 1. The van der Waals surface area contributed by atoms with Crippen LogP contribution in [0.1, 0.15) is 5.56 Å². The molecule has 2 aromatic carbocycles. The van der Waals surface area contributed by atoms with Gasteiger partial charge in [0.05, 0.1) is 0 Å². The number of anilines is 1. The molecular weight excluding hydrogens is 325 g/mol. The maximum absolute atomic E-state index is 13.1. The molecule has 2 aromatic rings. The predicted molar refractivity (Wildman–Crippen MR) is 92.9 cm³/mol. The SMILES string of the molecule is CN(C)C(=O)COc1cccc(NC(=O)NCc2cccc(F)c2)c1. The molecule has 132 valence electrons. The molecule has 0 unspecified atom stereocenters. The first-order valence-electron chi connectivity index (χ1n) is 7.66. The molecular formula is C18H20FN3O3. The number of hydrogen-bond acceptors (Lipinski definition) is 3. The summed E-state index contributed by atoms with van der Waals surface area (Å²) in [6, 6.07) is 12.3. The molecule has 0 atom stereocenters.